The highest BCUT2D eigenvalue weighted by Gasteiger charge is 2.10. The highest BCUT2D eigenvalue weighted by molar-refractivity contribution is 5.97. The molecule has 0 saturated carbocycles. The van der Waals surface area contributed by atoms with Gasteiger partial charge in [0.05, 0.1) is 11.0 Å². The normalized spacial score (nSPS) is 11.2. The van der Waals surface area contributed by atoms with Crippen LogP contribution in [0.2, 0.25) is 0 Å². The number of aromatic nitrogens is 3. The summed E-state index contributed by atoms with van der Waals surface area (Å²) in [4.78, 5) is 9.15. The standard InChI is InChI=1S/C24H21N5/c1-29-11-8-17-4-5-18(12-23(17)29)21-13-20(14-22-24(21)27-10-9-26-22)28-15-16-2-6-19(25)7-3-16/h2-14,28H,15,25H2,1H3. The highest BCUT2D eigenvalue weighted by Crippen LogP contribution is 2.32. The maximum absolute atomic E-state index is 5.79. The number of nitrogens with two attached hydrogens (primary N) is 1. The van der Waals surface area contributed by atoms with E-state index >= 15 is 0 Å². The van der Waals surface area contributed by atoms with Gasteiger partial charge in [-0.05, 0) is 52.9 Å². The fourth-order valence-corrected chi connectivity index (χ4v) is 3.67. The first kappa shape index (κ1) is 17.3. The zero-order chi connectivity index (χ0) is 19.8. The molecule has 0 spiro atoms. The van der Waals surface area contributed by atoms with Gasteiger partial charge in [0, 0.05) is 54.6 Å². The Kier molecular flexibility index (Phi) is 4.13. The second kappa shape index (κ2) is 6.95. The van der Waals surface area contributed by atoms with Crippen molar-refractivity contribution in [1.29, 1.82) is 0 Å². The molecule has 0 unspecified atom stereocenters. The third-order valence-electron chi connectivity index (χ3n) is 5.25. The third kappa shape index (κ3) is 3.27. The molecule has 5 nitrogen and oxygen atoms in total. The smallest absolute Gasteiger partial charge is 0.0966 e. The van der Waals surface area contributed by atoms with Crippen molar-refractivity contribution in [2.75, 3.05) is 11.1 Å². The summed E-state index contributed by atoms with van der Waals surface area (Å²) in [5.41, 5.74) is 13.9. The van der Waals surface area contributed by atoms with E-state index in [-0.39, 0.29) is 0 Å². The van der Waals surface area contributed by atoms with Gasteiger partial charge < -0.3 is 15.6 Å². The van der Waals surface area contributed by atoms with Gasteiger partial charge in [0.1, 0.15) is 0 Å². The fraction of sp³-hybridized carbons (Fsp3) is 0.0833. The average Bonchev–Trinajstić information content (AvgIpc) is 3.13. The molecule has 29 heavy (non-hydrogen) atoms. The van der Waals surface area contributed by atoms with Gasteiger partial charge in [-0.1, -0.05) is 24.3 Å². The molecule has 5 rings (SSSR count). The van der Waals surface area contributed by atoms with Gasteiger partial charge in [0.15, 0.2) is 0 Å². The van der Waals surface area contributed by atoms with E-state index in [1.54, 1.807) is 12.4 Å². The van der Waals surface area contributed by atoms with E-state index in [4.69, 9.17) is 5.73 Å². The summed E-state index contributed by atoms with van der Waals surface area (Å²) in [6.45, 7) is 0.711. The molecular formula is C24H21N5. The van der Waals surface area contributed by atoms with Crippen molar-refractivity contribution in [3.63, 3.8) is 0 Å². The Bertz CT molecular complexity index is 1320. The number of benzene rings is 3. The van der Waals surface area contributed by atoms with Crippen LogP contribution in [0.25, 0.3) is 33.1 Å². The Hall–Kier alpha value is -3.86. The molecule has 0 radical (unpaired) electrons. The maximum Gasteiger partial charge on any atom is 0.0966 e. The maximum atomic E-state index is 5.79. The highest BCUT2D eigenvalue weighted by atomic mass is 14.9. The van der Waals surface area contributed by atoms with Gasteiger partial charge in [-0.3, -0.25) is 9.97 Å². The molecule has 0 aliphatic heterocycles. The van der Waals surface area contributed by atoms with Gasteiger partial charge >= 0.3 is 0 Å². The van der Waals surface area contributed by atoms with Crippen molar-refractivity contribution >= 4 is 33.3 Å². The Labute approximate surface area is 168 Å². The Morgan fingerprint density at radius 1 is 0.931 bits per heavy atom. The summed E-state index contributed by atoms with van der Waals surface area (Å²) in [5, 5.41) is 4.74. The molecule has 0 aliphatic carbocycles. The molecule has 5 heteroatoms. The molecule has 0 amide bonds. The molecule has 0 atom stereocenters. The third-order valence-corrected chi connectivity index (χ3v) is 5.25. The number of nitrogen functional groups attached to an aromatic ring is 1. The number of aryl methyl sites for hydroxylation is 1. The molecule has 2 heterocycles. The van der Waals surface area contributed by atoms with E-state index in [1.807, 2.05) is 30.3 Å². The lowest BCUT2D eigenvalue weighted by Gasteiger charge is -2.12. The first-order chi connectivity index (χ1) is 14.2. The van der Waals surface area contributed by atoms with Crippen LogP contribution >= 0.6 is 0 Å². The van der Waals surface area contributed by atoms with Crippen LogP contribution in [0, 0.1) is 0 Å². The summed E-state index contributed by atoms with van der Waals surface area (Å²) >= 11 is 0. The summed E-state index contributed by atoms with van der Waals surface area (Å²) in [7, 11) is 2.06. The second-order valence-electron chi connectivity index (χ2n) is 7.24. The number of nitrogens with zero attached hydrogens (tertiary/aromatic N) is 3. The molecule has 0 fully saturated rings. The quantitative estimate of drug-likeness (QED) is 0.432. The van der Waals surface area contributed by atoms with Crippen molar-refractivity contribution in [1.82, 2.24) is 14.5 Å². The molecule has 3 N–H and O–H groups in total. The number of hydrogen-bond acceptors (Lipinski definition) is 4. The Morgan fingerprint density at radius 2 is 1.76 bits per heavy atom. The second-order valence-corrected chi connectivity index (χ2v) is 7.24. The molecule has 0 bridgehead atoms. The number of fused-ring (bicyclic) bond motifs is 2. The molecule has 142 valence electrons. The van der Waals surface area contributed by atoms with Crippen molar-refractivity contribution in [2.45, 2.75) is 6.54 Å². The van der Waals surface area contributed by atoms with Crippen LogP contribution in [0.5, 0.6) is 0 Å². The van der Waals surface area contributed by atoms with Gasteiger partial charge in [-0.25, -0.2) is 0 Å². The minimum absolute atomic E-state index is 0.711. The van der Waals surface area contributed by atoms with Crippen LogP contribution < -0.4 is 11.1 Å². The van der Waals surface area contributed by atoms with Gasteiger partial charge in [-0.15, -0.1) is 0 Å². The van der Waals surface area contributed by atoms with Crippen molar-refractivity contribution in [2.24, 2.45) is 7.05 Å². The van der Waals surface area contributed by atoms with Crippen LogP contribution in [0.4, 0.5) is 11.4 Å². The predicted molar refractivity (Wildman–Crippen MR) is 120 cm³/mol. The first-order valence-corrected chi connectivity index (χ1v) is 9.56. The van der Waals surface area contributed by atoms with Crippen LogP contribution in [0.1, 0.15) is 5.56 Å². The Morgan fingerprint density at radius 3 is 2.62 bits per heavy atom. The van der Waals surface area contributed by atoms with Gasteiger partial charge in [0.25, 0.3) is 0 Å². The van der Waals surface area contributed by atoms with Crippen LogP contribution in [-0.4, -0.2) is 14.5 Å². The van der Waals surface area contributed by atoms with Crippen LogP contribution in [-0.2, 0) is 13.6 Å². The van der Waals surface area contributed by atoms with Crippen LogP contribution in [0.15, 0.2) is 79.3 Å². The lowest BCUT2D eigenvalue weighted by molar-refractivity contribution is 0.969. The van der Waals surface area contributed by atoms with E-state index in [0.717, 1.165) is 33.5 Å². The van der Waals surface area contributed by atoms with E-state index in [2.05, 4.69) is 63.4 Å². The number of hydrogen-bond donors (Lipinski definition) is 2. The molecule has 5 aromatic rings. The molecule has 0 aliphatic rings. The zero-order valence-electron chi connectivity index (χ0n) is 16.1. The topological polar surface area (TPSA) is 68.8 Å². The summed E-state index contributed by atoms with van der Waals surface area (Å²) in [6.07, 6.45) is 5.56. The average molecular weight is 379 g/mol. The van der Waals surface area contributed by atoms with Gasteiger partial charge in [-0.2, -0.15) is 0 Å². The SMILES string of the molecule is Cn1ccc2ccc(-c3cc(NCc4ccc(N)cc4)cc4nccnc34)cc21. The monoisotopic (exact) mass is 379 g/mol. The number of rotatable bonds is 4. The summed E-state index contributed by atoms with van der Waals surface area (Å²) < 4.78 is 2.13. The largest absolute Gasteiger partial charge is 0.399 e. The number of anilines is 2. The molecule has 0 saturated heterocycles. The summed E-state index contributed by atoms with van der Waals surface area (Å²) in [5.74, 6) is 0. The van der Waals surface area contributed by atoms with E-state index in [9.17, 15) is 0 Å². The molecule has 3 aromatic carbocycles. The zero-order valence-corrected chi connectivity index (χ0v) is 16.1. The minimum atomic E-state index is 0.711. The molecule has 2 aromatic heterocycles. The van der Waals surface area contributed by atoms with Crippen molar-refractivity contribution in [3.05, 3.63) is 84.8 Å². The van der Waals surface area contributed by atoms with Gasteiger partial charge in [0.2, 0.25) is 0 Å². The van der Waals surface area contributed by atoms with Crippen molar-refractivity contribution in [3.8, 4) is 11.1 Å². The fourth-order valence-electron chi connectivity index (χ4n) is 3.67. The summed E-state index contributed by atoms with van der Waals surface area (Å²) in [6, 6.07) is 20.7. The minimum Gasteiger partial charge on any atom is -0.399 e. The number of nitrogens with one attached hydrogen (secondary N) is 1. The molecular weight excluding hydrogens is 358 g/mol. The van der Waals surface area contributed by atoms with E-state index in [0.29, 0.717) is 6.54 Å². The van der Waals surface area contributed by atoms with Crippen LogP contribution in [0.3, 0.4) is 0 Å². The van der Waals surface area contributed by atoms with Crippen molar-refractivity contribution < 1.29 is 0 Å². The van der Waals surface area contributed by atoms with E-state index < -0.39 is 0 Å². The Balaban J connectivity index is 1.57. The lowest BCUT2D eigenvalue weighted by Crippen LogP contribution is -2.01. The van der Waals surface area contributed by atoms with E-state index in [1.165, 1.54) is 16.5 Å². The predicted octanol–water partition coefficient (Wildman–Crippen LogP) is 4.98. The first-order valence-electron chi connectivity index (χ1n) is 9.56. The lowest BCUT2D eigenvalue weighted by atomic mass is 10.0.